The van der Waals surface area contributed by atoms with Crippen molar-refractivity contribution in [3.05, 3.63) is 0 Å². The van der Waals surface area contributed by atoms with E-state index in [2.05, 4.69) is 5.32 Å². The van der Waals surface area contributed by atoms with Gasteiger partial charge in [-0.1, -0.05) is 0 Å². The standard InChI is InChI=1S/C14H24N2O/c1-8(15)2-13(17)16-14-11-4-9-3-10(6-11)7-12(14)5-9/h8-12,14H,2-7,15H2,1H3,(H,16,17). The monoisotopic (exact) mass is 236 g/mol. The van der Waals surface area contributed by atoms with Crippen molar-refractivity contribution >= 4 is 5.91 Å². The first-order valence-corrected chi connectivity index (χ1v) is 7.16. The molecule has 4 saturated carbocycles. The van der Waals surface area contributed by atoms with Gasteiger partial charge in [0.25, 0.3) is 0 Å². The van der Waals surface area contributed by atoms with Crippen LogP contribution in [0, 0.1) is 23.7 Å². The van der Waals surface area contributed by atoms with E-state index in [0.717, 1.165) is 23.7 Å². The molecule has 0 spiro atoms. The number of carbonyl (C=O) groups excluding carboxylic acids is 1. The van der Waals surface area contributed by atoms with E-state index in [1.807, 2.05) is 6.92 Å². The van der Waals surface area contributed by atoms with Crippen LogP contribution in [-0.2, 0) is 4.79 Å². The van der Waals surface area contributed by atoms with Crippen molar-refractivity contribution in [3.63, 3.8) is 0 Å². The minimum absolute atomic E-state index is 0.0215. The van der Waals surface area contributed by atoms with Crippen LogP contribution in [0.4, 0.5) is 0 Å². The summed E-state index contributed by atoms with van der Waals surface area (Å²) in [6.45, 7) is 1.90. The Kier molecular flexibility index (Phi) is 2.89. The zero-order chi connectivity index (χ0) is 12.0. The molecule has 4 fully saturated rings. The Morgan fingerprint density at radius 1 is 1.18 bits per heavy atom. The van der Waals surface area contributed by atoms with Crippen LogP contribution in [0.1, 0.15) is 45.4 Å². The molecule has 0 aromatic carbocycles. The van der Waals surface area contributed by atoms with Crippen LogP contribution in [0.15, 0.2) is 0 Å². The Balaban J connectivity index is 1.62. The molecule has 1 atom stereocenters. The average molecular weight is 236 g/mol. The second kappa shape index (κ2) is 4.27. The molecule has 1 amide bonds. The molecule has 3 heteroatoms. The minimum atomic E-state index is -0.0215. The maximum atomic E-state index is 11.9. The second-order valence-electron chi connectivity index (χ2n) is 6.71. The summed E-state index contributed by atoms with van der Waals surface area (Å²) >= 11 is 0. The Morgan fingerprint density at radius 3 is 2.18 bits per heavy atom. The SMILES string of the molecule is CC(N)CC(=O)NC1C2CC3CC(C2)CC1C3. The van der Waals surface area contributed by atoms with Crippen LogP contribution in [0.5, 0.6) is 0 Å². The zero-order valence-corrected chi connectivity index (χ0v) is 10.7. The zero-order valence-electron chi connectivity index (χ0n) is 10.7. The van der Waals surface area contributed by atoms with Gasteiger partial charge in [0, 0.05) is 18.5 Å². The summed E-state index contributed by atoms with van der Waals surface area (Å²) in [4.78, 5) is 11.9. The molecule has 4 rings (SSSR count). The fourth-order valence-electron chi connectivity index (χ4n) is 4.70. The van der Waals surface area contributed by atoms with Gasteiger partial charge in [-0.05, 0) is 62.7 Å². The molecule has 17 heavy (non-hydrogen) atoms. The fourth-order valence-corrected chi connectivity index (χ4v) is 4.70. The van der Waals surface area contributed by atoms with Crippen molar-refractivity contribution in [3.8, 4) is 0 Å². The predicted octanol–water partition coefficient (Wildman–Crippen LogP) is 1.66. The maximum Gasteiger partial charge on any atom is 0.221 e. The highest BCUT2D eigenvalue weighted by atomic mass is 16.1. The maximum absolute atomic E-state index is 11.9. The minimum Gasteiger partial charge on any atom is -0.353 e. The molecule has 3 N–H and O–H groups in total. The summed E-state index contributed by atoms with van der Waals surface area (Å²) in [5, 5.41) is 3.27. The van der Waals surface area contributed by atoms with E-state index in [4.69, 9.17) is 5.73 Å². The summed E-state index contributed by atoms with van der Waals surface area (Å²) in [7, 11) is 0. The summed E-state index contributed by atoms with van der Waals surface area (Å²) in [5.74, 6) is 3.64. The van der Waals surface area contributed by atoms with Crippen molar-refractivity contribution in [1.29, 1.82) is 0 Å². The van der Waals surface area contributed by atoms with Crippen molar-refractivity contribution in [2.45, 2.75) is 57.5 Å². The van der Waals surface area contributed by atoms with E-state index < -0.39 is 0 Å². The van der Waals surface area contributed by atoms with Crippen LogP contribution in [0.2, 0.25) is 0 Å². The van der Waals surface area contributed by atoms with Gasteiger partial charge >= 0.3 is 0 Å². The second-order valence-corrected chi connectivity index (χ2v) is 6.71. The topological polar surface area (TPSA) is 55.1 Å². The number of carbonyl (C=O) groups is 1. The number of hydrogen-bond donors (Lipinski definition) is 2. The third kappa shape index (κ3) is 2.22. The third-order valence-corrected chi connectivity index (χ3v) is 5.06. The van der Waals surface area contributed by atoms with Gasteiger partial charge in [0.1, 0.15) is 0 Å². The molecule has 4 aliphatic rings. The summed E-state index contributed by atoms with van der Waals surface area (Å²) in [6, 6.07) is 0.445. The first-order valence-electron chi connectivity index (χ1n) is 7.16. The van der Waals surface area contributed by atoms with E-state index in [-0.39, 0.29) is 11.9 Å². The van der Waals surface area contributed by atoms with E-state index in [9.17, 15) is 4.79 Å². The van der Waals surface area contributed by atoms with Crippen LogP contribution in [-0.4, -0.2) is 18.0 Å². The highest BCUT2D eigenvalue weighted by molar-refractivity contribution is 5.76. The molecule has 0 aromatic rings. The summed E-state index contributed by atoms with van der Waals surface area (Å²) < 4.78 is 0. The molecular weight excluding hydrogens is 212 g/mol. The lowest BCUT2D eigenvalue weighted by Crippen LogP contribution is -2.56. The van der Waals surface area contributed by atoms with Crippen LogP contribution >= 0.6 is 0 Å². The molecular formula is C14H24N2O. The largest absolute Gasteiger partial charge is 0.353 e. The van der Waals surface area contributed by atoms with Gasteiger partial charge in [-0.3, -0.25) is 4.79 Å². The Morgan fingerprint density at radius 2 is 1.71 bits per heavy atom. The molecule has 4 aliphatic carbocycles. The molecule has 1 unspecified atom stereocenters. The lowest BCUT2D eigenvalue weighted by atomic mass is 9.54. The van der Waals surface area contributed by atoms with E-state index in [0.29, 0.717) is 12.5 Å². The number of amides is 1. The van der Waals surface area contributed by atoms with Gasteiger partial charge in [0.2, 0.25) is 5.91 Å². The first-order chi connectivity index (χ1) is 8.11. The van der Waals surface area contributed by atoms with Gasteiger partial charge in [-0.15, -0.1) is 0 Å². The Labute approximate surface area is 104 Å². The Bertz CT molecular complexity index is 285. The van der Waals surface area contributed by atoms with Crippen molar-refractivity contribution in [1.82, 2.24) is 5.32 Å². The van der Waals surface area contributed by atoms with Gasteiger partial charge in [0.05, 0.1) is 0 Å². The molecule has 4 bridgehead atoms. The smallest absolute Gasteiger partial charge is 0.221 e. The first kappa shape index (κ1) is 11.5. The third-order valence-electron chi connectivity index (χ3n) is 5.06. The van der Waals surface area contributed by atoms with Gasteiger partial charge < -0.3 is 11.1 Å². The van der Waals surface area contributed by atoms with Crippen LogP contribution in [0.3, 0.4) is 0 Å². The molecule has 0 radical (unpaired) electrons. The summed E-state index contributed by atoms with van der Waals surface area (Å²) in [6.07, 6.45) is 7.37. The molecule has 0 heterocycles. The molecule has 3 nitrogen and oxygen atoms in total. The predicted molar refractivity (Wildman–Crippen MR) is 67.2 cm³/mol. The highest BCUT2D eigenvalue weighted by Crippen LogP contribution is 2.53. The summed E-state index contributed by atoms with van der Waals surface area (Å²) in [5.41, 5.74) is 5.68. The number of nitrogens with one attached hydrogen (secondary N) is 1. The molecule has 96 valence electrons. The fraction of sp³-hybridized carbons (Fsp3) is 0.929. The van der Waals surface area contributed by atoms with E-state index >= 15 is 0 Å². The van der Waals surface area contributed by atoms with Gasteiger partial charge in [0.15, 0.2) is 0 Å². The van der Waals surface area contributed by atoms with Gasteiger partial charge in [-0.25, -0.2) is 0 Å². The molecule has 0 aliphatic heterocycles. The van der Waals surface area contributed by atoms with Gasteiger partial charge in [-0.2, -0.15) is 0 Å². The number of hydrogen-bond acceptors (Lipinski definition) is 2. The highest BCUT2D eigenvalue weighted by Gasteiger charge is 2.48. The number of nitrogens with two attached hydrogens (primary N) is 1. The van der Waals surface area contributed by atoms with E-state index in [1.165, 1.54) is 32.1 Å². The van der Waals surface area contributed by atoms with Crippen molar-refractivity contribution < 1.29 is 4.79 Å². The average Bonchev–Trinajstić information content (AvgIpc) is 2.21. The van der Waals surface area contributed by atoms with Crippen molar-refractivity contribution in [2.75, 3.05) is 0 Å². The number of rotatable bonds is 3. The Hall–Kier alpha value is -0.570. The normalized spacial score (nSPS) is 44.7. The van der Waals surface area contributed by atoms with Crippen LogP contribution < -0.4 is 11.1 Å². The quantitative estimate of drug-likeness (QED) is 0.783. The molecule has 0 saturated heterocycles. The van der Waals surface area contributed by atoms with Crippen molar-refractivity contribution in [2.24, 2.45) is 29.4 Å². The molecule has 0 aromatic heterocycles. The van der Waals surface area contributed by atoms with Crippen LogP contribution in [0.25, 0.3) is 0 Å². The van der Waals surface area contributed by atoms with E-state index in [1.54, 1.807) is 0 Å². The lowest BCUT2D eigenvalue weighted by molar-refractivity contribution is -0.125. The lowest BCUT2D eigenvalue weighted by Gasteiger charge is -2.54.